The summed E-state index contributed by atoms with van der Waals surface area (Å²) in [6.07, 6.45) is 3.63. The van der Waals surface area contributed by atoms with E-state index in [1.807, 2.05) is 6.92 Å². The monoisotopic (exact) mass is 163 g/mol. The highest BCUT2D eigenvalue weighted by atomic mass is 14.7. The van der Waals surface area contributed by atoms with Crippen LogP contribution in [0.15, 0.2) is 42.0 Å². The van der Waals surface area contributed by atoms with Crippen molar-refractivity contribution in [3.05, 3.63) is 37.0 Å². The van der Waals surface area contributed by atoms with E-state index in [0.717, 1.165) is 24.0 Å². The van der Waals surface area contributed by atoms with Crippen molar-refractivity contribution in [3.8, 4) is 0 Å². The summed E-state index contributed by atoms with van der Waals surface area (Å²) in [7, 11) is 0. The van der Waals surface area contributed by atoms with Crippen molar-refractivity contribution in [1.82, 2.24) is 0 Å². The summed E-state index contributed by atoms with van der Waals surface area (Å²) in [5.41, 5.74) is 2.10. The smallest absolute Gasteiger partial charge is 0.0699 e. The maximum Gasteiger partial charge on any atom is 0.0699 e. The number of aliphatic imine (C=N–C) groups is 1. The fourth-order valence-corrected chi connectivity index (χ4v) is 0.918. The van der Waals surface area contributed by atoms with E-state index in [0.29, 0.717) is 0 Å². The maximum atomic E-state index is 3.97. The molecule has 0 heterocycles. The van der Waals surface area contributed by atoms with Gasteiger partial charge in [-0.05, 0) is 26.5 Å². The summed E-state index contributed by atoms with van der Waals surface area (Å²) in [5, 5.41) is 0. The Labute approximate surface area is 75.2 Å². The molecule has 0 aliphatic carbocycles. The van der Waals surface area contributed by atoms with Gasteiger partial charge < -0.3 is 0 Å². The molecular weight excluding hydrogens is 146 g/mol. The van der Waals surface area contributed by atoms with E-state index in [-0.39, 0.29) is 6.04 Å². The third-order valence-electron chi connectivity index (χ3n) is 1.82. The molecule has 0 saturated heterocycles. The molecular formula is C11H17N. The Morgan fingerprint density at radius 1 is 1.50 bits per heavy atom. The fraction of sp³-hybridized carbons (Fsp3) is 0.364. The summed E-state index contributed by atoms with van der Waals surface area (Å²) in [6.45, 7) is 16.8. The second-order valence-corrected chi connectivity index (χ2v) is 2.95. The van der Waals surface area contributed by atoms with Crippen molar-refractivity contribution < 1.29 is 0 Å². The Morgan fingerprint density at radius 3 is 2.42 bits per heavy atom. The molecule has 1 heteroatoms. The second-order valence-electron chi connectivity index (χ2n) is 2.95. The molecule has 0 aromatic heterocycles. The first-order valence-corrected chi connectivity index (χ1v) is 4.03. The van der Waals surface area contributed by atoms with Gasteiger partial charge >= 0.3 is 0 Å². The Hall–Kier alpha value is -1.11. The highest BCUT2D eigenvalue weighted by molar-refractivity contribution is 5.27. The maximum absolute atomic E-state index is 3.97. The van der Waals surface area contributed by atoms with Crippen LogP contribution in [0.1, 0.15) is 19.8 Å². The SMILES string of the molecule is C=CC(=C)CCC(N=C)C(=C)C. The van der Waals surface area contributed by atoms with Crippen LogP contribution in [0, 0.1) is 0 Å². The molecule has 0 N–H and O–H groups in total. The molecule has 0 saturated carbocycles. The van der Waals surface area contributed by atoms with Gasteiger partial charge in [-0.2, -0.15) is 0 Å². The third kappa shape index (κ3) is 3.91. The average Bonchev–Trinajstić information content (AvgIpc) is 2.04. The normalized spacial score (nSPS) is 11.8. The van der Waals surface area contributed by atoms with Crippen LogP contribution in [-0.2, 0) is 0 Å². The molecule has 0 aromatic carbocycles. The van der Waals surface area contributed by atoms with Gasteiger partial charge in [0.25, 0.3) is 0 Å². The zero-order valence-corrected chi connectivity index (χ0v) is 7.84. The Kier molecular flexibility index (Phi) is 5.02. The van der Waals surface area contributed by atoms with Crippen LogP contribution in [0.25, 0.3) is 0 Å². The van der Waals surface area contributed by atoms with E-state index in [9.17, 15) is 0 Å². The summed E-state index contributed by atoms with van der Waals surface area (Å²) in [4.78, 5) is 3.97. The largest absolute Gasteiger partial charge is 0.293 e. The molecule has 0 radical (unpaired) electrons. The number of hydrogen-bond acceptors (Lipinski definition) is 1. The molecule has 0 aromatic rings. The molecule has 0 aliphatic rings. The zero-order valence-electron chi connectivity index (χ0n) is 7.84. The average molecular weight is 163 g/mol. The van der Waals surface area contributed by atoms with Crippen LogP contribution in [0.2, 0.25) is 0 Å². The van der Waals surface area contributed by atoms with Gasteiger partial charge in [-0.15, -0.1) is 0 Å². The number of hydrogen-bond donors (Lipinski definition) is 0. The number of nitrogens with zero attached hydrogens (tertiary/aromatic N) is 1. The summed E-state index contributed by atoms with van der Waals surface area (Å²) < 4.78 is 0. The topological polar surface area (TPSA) is 12.4 Å². The lowest BCUT2D eigenvalue weighted by Gasteiger charge is -2.10. The first-order valence-electron chi connectivity index (χ1n) is 4.03. The molecule has 0 fully saturated rings. The second kappa shape index (κ2) is 5.53. The molecule has 12 heavy (non-hydrogen) atoms. The predicted molar refractivity (Wildman–Crippen MR) is 56.7 cm³/mol. The molecule has 0 aliphatic heterocycles. The van der Waals surface area contributed by atoms with E-state index in [1.54, 1.807) is 6.08 Å². The van der Waals surface area contributed by atoms with E-state index < -0.39 is 0 Å². The first-order chi connectivity index (χ1) is 5.61. The molecule has 1 atom stereocenters. The van der Waals surface area contributed by atoms with Gasteiger partial charge in [-0.3, -0.25) is 4.99 Å². The lowest BCUT2D eigenvalue weighted by molar-refractivity contribution is 0.699. The van der Waals surface area contributed by atoms with Crippen molar-refractivity contribution in [2.45, 2.75) is 25.8 Å². The quantitative estimate of drug-likeness (QED) is 0.324. The summed E-state index contributed by atoms with van der Waals surface area (Å²) >= 11 is 0. The zero-order chi connectivity index (χ0) is 9.56. The van der Waals surface area contributed by atoms with Gasteiger partial charge in [0, 0.05) is 0 Å². The standard InChI is InChI=1S/C11H17N/c1-6-10(4)7-8-11(12-5)9(2)3/h6,11H,1-2,4-5,7-8H2,3H3. The lowest BCUT2D eigenvalue weighted by Crippen LogP contribution is -2.04. The number of rotatable bonds is 6. The lowest BCUT2D eigenvalue weighted by atomic mass is 10.0. The minimum Gasteiger partial charge on any atom is -0.293 e. The van der Waals surface area contributed by atoms with Crippen LogP contribution in [0.5, 0.6) is 0 Å². The first kappa shape index (κ1) is 10.9. The van der Waals surface area contributed by atoms with E-state index in [4.69, 9.17) is 0 Å². The molecule has 66 valence electrons. The van der Waals surface area contributed by atoms with Gasteiger partial charge in [0.2, 0.25) is 0 Å². The third-order valence-corrected chi connectivity index (χ3v) is 1.82. The highest BCUT2D eigenvalue weighted by Crippen LogP contribution is 2.13. The molecule has 0 rings (SSSR count). The minimum absolute atomic E-state index is 0.168. The van der Waals surface area contributed by atoms with E-state index >= 15 is 0 Å². The fourth-order valence-electron chi connectivity index (χ4n) is 0.918. The minimum atomic E-state index is 0.168. The number of allylic oxidation sites excluding steroid dienone is 2. The van der Waals surface area contributed by atoms with E-state index in [2.05, 4.69) is 31.4 Å². The van der Waals surface area contributed by atoms with Gasteiger partial charge in [0.1, 0.15) is 0 Å². The highest BCUT2D eigenvalue weighted by Gasteiger charge is 2.05. The van der Waals surface area contributed by atoms with Crippen molar-refractivity contribution in [1.29, 1.82) is 0 Å². The van der Waals surface area contributed by atoms with Crippen LogP contribution < -0.4 is 0 Å². The van der Waals surface area contributed by atoms with Crippen LogP contribution >= 0.6 is 0 Å². The Balaban J connectivity index is 3.88. The summed E-state index contributed by atoms with van der Waals surface area (Å²) in [5.74, 6) is 0. The van der Waals surface area contributed by atoms with Crippen LogP contribution in [0.4, 0.5) is 0 Å². The predicted octanol–water partition coefficient (Wildman–Crippen LogP) is 3.15. The molecule has 1 nitrogen and oxygen atoms in total. The van der Waals surface area contributed by atoms with Crippen LogP contribution in [0.3, 0.4) is 0 Å². The molecule has 0 amide bonds. The summed E-state index contributed by atoms with van der Waals surface area (Å²) in [6, 6.07) is 0.168. The molecule has 1 unspecified atom stereocenters. The van der Waals surface area contributed by atoms with Crippen LogP contribution in [-0.4, -0.2) is 12.8 Å². The van der Waals surface area contributed by atoms with E-state index in [1.165, 1.54) is 0 Å². The van der Waals surface area contributed by atoms with Crippen molar-refractivity contribution >= 4 is 6.72 Å². The Morgan fingerprint density at radius 2 is 2.08 bits per heavy atom. The Bertz CT molecular complexity index is 201. The van der Waals surface area contributed by atoms with Gasteiger partial charge in [0.05, 0.1) is 6.04 Å². The van der Waals surface area contributed by atoms with Gasteiger partial charge in [-0.25, -0.2) is 0 Å². The van der Waals surface area contributed by atoms with Crippen molar-refractivity contribution in [2.24, 2.45) is 4.99 Å². The molecule has 0 bridgehead atoms. The van der Waals surface area contributed by atoms with Gasteiger partial charge in [0.15, 0.2) is 0 Å². The van der Waals surface area contributed by atoms with Gasteiger partial charge in [-0.1, -0.05) is 37.0 Å². The molecule has 0 spiro atoms. The van der Waals surface area contributed by atoms with Crippen molar-refractivity contribution in [3.63, 3.8) is 0 Å². The van der Waals surface area contributed by atoms with Crippen molar-refractivity contribution in [2.75, 3.05) is 0 Å².